The summed E-state index contributed by atoms with van der Waals surface area (Å²) in [5.41, 5.74) is 11.8. The van der Waals surface area contributed by atoms with Crippen LogP contribution in [0.1, 0.15) is 0 Å². The van der Waals surface area contributed by atoms with Crippen molar-refractivity contribution in [3.63, 3.8) is 0 Å². The summed E-state index contributed by atoms with van der Waals surface area (Å²) in [5.74, 6) is 0. The summed E-state index contributed by atoms with van der Waals surface area (Å²) in [6.45, 7) is 0. The standard InChI is InChI=1S/C6H6ClN.C6H6N2O2/c7-5-1-3-6(8)4-2-5;7-5-2-1-3-6(4-5)8(9)10/h1-4H,8H2;1-4H,7H2. The van der Waals surface area contributed by atoms with Gasteiger partial charge in [0.15, 0.2) is 0 Å². The number of benzene rings is 2. The maximum absolute atomic E-state index is 10.1. The second-order valence-corrected chi connectivity index (χ2v) is 3.84. The first-order valence-corrected chi connectivity index (χ1v) is 5.38. The van der Waals surface area contributed by atoms with Gasteiger partial charge in [-0.05, 0) is 30.3 Å². The maximum atomic E-state index is 10.1. The summed E-state index contributed by atoms with van der Waals surface area (Å²) in [5, 5.41) is 10.8. The molecule has 5 nitrogen and oxygen atoms in total. The van der Waals surface area contributed by atoms with Crippen molar-refractivity contribution in [2.45, 2.75) is 0 Å². The molecule has 18 heavy (non-hydrogen) atoms. The zero-order chi connectivity index (χ0) is 13.5. The van der Waals surface area contributed by atoms with E-state index < -0.39 is 4.92 Å². The van der Waals surface area contributed by atoms with Gasteiger partial charge in [-0.1, -0.05) is 17.7 Å². The minimum Gasteiger partial charge on any atom is -0.399 e. The van der Waals surface area contributed by atoms with Gasteiger partial charge in [0.05, 0.1) is 4.92 Å². The first kappa shape index (κ1) is 13.8. The number of rotatable bonds is 1. The highest BCUT2D eigenvalue weighted by atomic mass is 35.5. The van der Waals surface area contributed by atoms with Crippen LogP contribution in [-0.2, 0) is 0 Å². The fourth-order valence-corrected chi connectivity index (χ4v) is 1.23. The molecule has 0 saturated carbocycles. The van der Waals surface area contributed by atoms with E-state index in [0.717, 1.165) is 10.7 Å². The lowest BCUT2D eigenvalue weighted by Crippen LogP contribution is -1.89. The Kier molecular flexibility index (Phi) is 4.95. The summed E-state index contributed by atoms with van der Waals surface area (Å²) in [6, 6.07) is 12.9. The fraction of sp³-hybridized carbons (Fsp3) is 0. The Bertz CT molecular complexity index is 508. The van der Waals surface area contributed by atoms with Crippen molar-refractivity contribution in [3.05, 3.63) is 63.7 Å². The van der Waals surface area contributed by atoms with Crippen LogP contribution in [0.3, 0.4) is 0 Å². The molecule has 0 amide bonds. The SMILES string of the molecule is Nc1ccc(Cl)cc1.Nc1cccc([N+](=O)[O-])c1. The third kappa shape index (κ3) is 4.71. The highest BCUT2D eigenvalue weighted by Crippen LogP contribution is 2.13. The molecule has 0 fully saturated rings. The summed E-state index contributed by atoms with van der Waals surface area (Å²) >= 11 is 5.56. The average Bonchev–Trinajstić information content (AvgIpc) is 2.34. The summed E-state index contributed by atoms with van der Waals surface area (Å²) < 4.78 is 0. The lowest BCUT2D eigenvalue weighted by molar-refractivity contribution is -0.384. The average molecular weight is 266 g/mol. The molecule has 0 aliphatic carbocycles. The topological polar surface area (TPSA) is 95.2 Å². The normalized spacial score (nSPS) is 9.17. The predicted molar refractivity (Wildman–Crippen MR) is 73.4 cm³/mol. The van der Waals surface area contributed by atoms with E-state index >= 15 is 0 Å². The van der Waals surface area contributed by atoms with Crippen LogP contribution in [0.25, 0.3) is 0 Å². The van der Waals surface area contributed by atoms with Crippen LogP contribution in [0.2, 0.25) is 5.02 Å². The number of nitrogens with two attached hydrogens (primary N) is 2. The molecule has 6 heteroatoms. The van der Waals surface area contributed by atoms with Crippen LogP contribution < -0.4 is 11.5 Å². The number of halogens is 1. The Morgan fingerprint density at radius 2 is 1.61 bits per heavy atom. The monoisotopic (exact) mass is 265 g/mol. The second kappa shape index (κ2) is 6.46. The molecule has 0 radical (unpaired) electrons. The molecule has 0 spiro atoms. The van der Waals surface area contributed by atoms with Crippen molar-refractivity contribution in [2.24, 2.45) is 0 Å². The van der Waals surface area contributed by atoms with Gasteiger partial charge in [0.2, 0.25) is 0 Å². The molecule has 0 aliphatic heterocycles. The van der Waals surface area contributed by atoms with E-state index in [-0.39, 0.29) is 5.69 Å². The Balaban J connectivity index is 0.000000184. The van der Waals surface area contributed by atoms with E-state index in [1.807, 2.05) is 0 Å². The van der Waals surface area contributed by atoms with Crippen LogP contribution in [0, 0.1) is 10.1 Å². The molecule has 94 valence electrons. The van der Waals surface area contributed by atoms with Crippen LogP contribution in [0.5, 0.6) is 0 Å². The van der Waals surface area contributed by atoms with Crippen molar-refractivity contribution in [2.75, 3.05) is 11.5 Å². The lowest BCUT2D eigenvalue weighted by atomic mass is 10.3. The molecule has 0 bridgehead atoms. The highest BCUT2D eigenvalue weighted by molar-refractivity contribution is 6.30. The molecular weight excluding hydrogens is 254 g/mol. The summed E-state index contributed by atoms with van der Waals surface area (Å²) in [6.07, 6.45) is 0. The smallest absolute Gasteiger partial charge is 0.271 e. The summed E-state index contributed by atoms with van der Waals surface area (Å²) in [4.78, 5) is 9.63. The molecule has 0 aromatic heterocycles. The summed E-state index contributed by atoms with van der Waals surface area (Å²) in [7, 11) is 0. The Hall–Kier alpha value is -2.27. The Labute approximate surface area is 109 Å². The van der Waals surface area contributed by atoms with Gasteiger partial charge < -0.3 is 11.5 Å². The molecule has 4 N–H and O–H groups in total. The maximum Gasteiger partial charge on any atom is 0.271 e. The van der Waals surface area contributed by atoms with E-state index in [1.165, 1.54) is 12.1 Å². The van der Waals surface area contributed by atoms with Crippen molar-refractivity contribution >= 4 is 28.7 Å². The number of nitrogens with zero attached hydrogens (tertiary/aromatic N) is 1. The lowest BCUT2D eigenvalue weighted by Gasteiger charge is -1.90. The molecule has 0 aliphatic rings. The first-order chi connectivity index (χ1) is 8.49. The predicted octanol–water partition coefficient (Wildman–Crippen LogP) is 3.10. The second-order valence-electron chi connectivity index (χ2n) is 3.40. The van der Waals surface area contributed by atoms with E-state index in [1.54, 1.807) is 36.4 Å². The fourth-order valence-electron chi connectivity index (χ4n) is 1.10. The van der Waals surface area contributed by atoms with Crippen LogP contribution in [0.15, 0.2) is 48.5 Å². The number of nitrogen functional groups attached to an aromatic ring is 2. The number of non-ortho nitro benzene ring substituents is 1. The van der Waals surface area contributed by atoms with Gasteiger partial charge in [0.1, 0.15) is 0 Å². The number of nitro groups is 1. The van der Waals surface area contributed by atoms with Crippen molar-refractivity contribution in [1.29, 1.82) is 0 Å². The number of nitro benzene ring substituents is 1. The number of hydrogen-bond donors (Lipinski definition) is 2. The van der Waals surface area contributed by atoms with Crippen LogP contribution >= 0.6 is 11.6 Å². The van der Waals surface area contributed by atoms with Gasteiger partial charge >= 0.3 is 0 Å². The van der Waals surface area contributed by atoms with Gasteiger partial charge in [0.25, 0.3) is 5.69 Å². The highest BCUT2D eigenvalue weighted by Gasteiger charge is 2.02. The molecule has 0 unspecified atom stereocenters. The van der Waals surface area contributed by atoms with E-state index in [9.17, 15) is 10.1 Å². The van der Waals surface area contributed by atoms with Crippen molar-refractivity contribution in [1.82, 2.24) is 0 Å². The molecular formula is C12H12ClN3O2. The number of hydrogen-bond acceptors (Lipinski definition) is 4. The molecule has 0 heterocycles. The van der Waals surface area contributed by atoms with Crippen molar-refractivity contribution < 1.29 is 4.92 Å². The molecule has 2 rings (SSSR count). The van der Waals surface area contributed by atoms with Gasteiger partial charge in [0, 0.05) is 28.5 Å². The molecule has 2 aromatic rings. The van der Waals surface area contributed by atoms with E-state index in [0.29, 0.717) is 5.69 Å². The molecule has 0 atom stereocenters. The van der Waals surface area contributed by atoms with Crippen LogP contribution in [0.4, 0.5) is 17.1 Å². The zero-order valence-corrected chi connectivity index (χ0v) is 10.2. The largest absolute Gasteiger partial charge is 0.399 e. The van der Waals surface area contributed by atoms with Gasteiger partial charge in [-0.15, -0.1) is 0 Å². The van der Waals surface area contributed by atoms with Crippen LogP contribution in [-0.4, -0.2) is 4.92 Å². The van der Waals surface area contributed by atoms with Gasteiger partial charge in [-0.2, -0.15) is 0 Å². The number of anilines is 2. The quantitative estimate of drug-likeness (QED) is 0.470. The van der Waals surface area contributed by atoms with Crippen molar-refractivity contribution in [3.8, 4) is 0 Å². The Morgan fingerprint density at radius 1 is 1.00 bits per heavy atom. The van der Waals surface area contributed by atoms with Gasteiger partial charge in [-0.3, -0.25) is 10.1 Å². The van der Waals surface area contributed by atoms with Gasteiger partial charge in [-0.25, -0.2) is 0 Å². The minimum atomic E-state index is -0.476. The first-order valence-electron chi connectivity index (χ1n) is 5.00. The minimum absolute atomic E-state index is 0.0278. The molecule has 0 saturated heterocycles. The van der Waals surface area contributed by atoms with E-state index in [2.05, 4.69) is 0 Å². The third-order valence-electron chi connectivity index (χ3n) is 1.95. The third-order valence-corrected chi connectivity index (χ3v) is 2.20. The Morgan fingerprint density at radius 3 is 2.00 bits per heavy atom. The zero-order valence-electron chi connectivity index (χ0n) is 9.42. The van der Waals surface area contributed by atoms with E-state index in [4.69, 9.17) is 23.1 Å². The molecule has 2 aromatic carbocycles.